The Morgan fingerprint density at radius 1 is 1.10 bits per heavy atom. The van der Waals surface area contributed by atoms with E-state index in [9.17, 15) is 0 Å². The Hall–Kier alpha value is -2.03. The van der Waals surface area contributed by atoms with Crippen LogP contribution in [0.25, 0.3) is 11.1 Å². The van der Waals surface area contributed by atoms with Crippen molar-refractivity contribution in [2.75, 3.05) is 6.54 Å². The summed E-state index contributed by atoms with van der Waals surface area (Å²) >= 11 is 0. The average Bonchev–Trinajstić information content (AvgIpc) is 2.88. The number of benzene rings is 2. The van der Waals surface area contributed by atoms with Crippen LogP contribution in [0.4, 0.5) is 0 Å². The molecule has 0 amide bonds. The van der Waals surface area contributed by atoms with E-state index in [-0.39, 0.29) is 42.5 Å². The van der Waals surface area contributed by atoms with Gasteiger partial charge in [-0.25, -0.2) is 0 Å². The molecule has 4 rings (SSSR count). The number of allylic oxidation sites excluding steroid dienone is 2. The fourth-order valence-electron chi connectivity index (χ4n) is 4.57. The smallest absolute Gasteiger partial charge is 0.316 e. The van der Waals surface area contributed by atoms with Crippen LogP contribution in [0.3, 0.4) is 0 Å². The van der Waals surface area contributed by atoms with Crippen molar-refractivity contribution >= 4 is 11.5 Å². The topological polar surface area (TPSA) is 54.0 Å². The quantitative estimate of drug-likeness (QED) is 0.186. The van der Waals surface area contributed by atoms with E-state index < -0.39 is 0 Å². The first-order valence-electron chi connectivity index (χ1n) is 10.7. The predicted molar refractivity (Wildman–Crippen MR) is 126 cm³/mol. The maximum Gasteiger partial charge on any atom is 0.316 e. The van der Waals surface area contributed by atoms with E-state index >= 15 is 0 Å². The zero-order valence-corrected chi connectivity index (χ0v) is 21.7. The molecule has 0 aromatic heterocycles. The first-order valence-corrected chi connectivity index (χ1v) is 10.7. The van der Waals surface area contributed by atoms with Crippen LogP contribution in [0.5, 0.6) is 0 Å². The van der Waals surface area contributed by atoms with Crippen molar-refractivity contribution in [2.45, 2.75) is 59.8 Å². The monoisotopic (exact) mass is 596 g/mol. The van der Waals surface area contributed by atoms with Crippen molar-refractivity contribution in [3.63, 3.8) is 0 Å². The van der Waals surface area contributed by atoms with E-state index in [0.29, 0.717) is 0 Å². The molecule has 2 aliphatic rings. The normalized spacial score (nSPS) is 17.9. The van der Waals surface area contributed by atoms with E-state index in [1.165, 1.54) is 66.3 Å². The summed E-state index contributed by atoms with van der Waals surface area (Å²) in [5.74, 6) is 0.250. The molecular formula is C27H33IrNO2. The van der Waals surface area contributed by atoms with Gasteiger partial charge in [-0.05, 0) is 41.9 Å². The van der Waals surface area contributed by atoms with Crippen LogP contribution >= 0.6 is 0 Å². The molecule has 0 saturated heterocycles. The minimum absolute atomic E-state index is 0. The first-order chi connectivity index (χ1) is 14.0. The number of nitrogens with zero attached hydrogens (tertiary/aromatic N) is 1. The van der Waals surface area contributed by atoms with Crippen LogP contribution in [0.1, 0.15) is 71.1 Å². The van der Waals surface area contributed by atoms with Gasteiger partial charge in [0.05, 0.1) is 18.8 Å². The van der Waals surface area contributed by atoms with E-state index in [4.69, 9.17) is 14.9 Å². The second-order valence-corrected chi connectivity index (χ2v) is 9.49. The molecule has 0 bridgehead atoms. The van der Waals surface area contributed by atoms with Crippen molar-refractivity contribution in [3.05, 3.63) is 71.0 Å². The van der Waals surface area contributed by atoms with Gasteiger partial charge >= 0.3 is 5.78 Å². The summed E-state index contributed by atoms with van der Waals surface area (Å²) in [6.45, 7) is 13.2. The van der Waals surface area contributed by atoms with Crippen LogP contribution in [0.15, 0.2) is 53.2 Å². The molecule has 2 N–H and O–H groups in total. The number of aliphatic imine (C=N–C) groups is 1. The zero-order chi connectivity index (χ0) is 22.1. The molecule has 0 saturated carbocycles. The summed E-state index contributed by atoms with van der Waals surface area (Å²) in [5.41, 5.74) is 8.16. The van der Waals surface area contributed by atoms with Crippen molar-refractivity contribution in [3.8, 4) is 11.1 Å². The molecule has 31 heavy (non-hydrogen) atoms. The van der Waals surface area contributed by atoms with Crippen LogP contribution < -0.4 is 0 Å². The molecule has 167 valence electrons. The number of carbonyl (C=O) groups excluding carboxylic acids is 1. The van der Waals surface area contributed by atoms with Gasteiger partial charge in [-0.3, -0.25) is 4.79 Å². The van der Waals surface area contributed by atoms with Crippen LogP contribution in [0, 0.1) is 11.5 Å². The van der Waals surface area contributed by atoms with E-state index in [2.05, 4.69) is 70.2 Å². The SMILES string of the molecule is CC(=[OH+])/C=C(/C)O.CC1(C)CCCN=C1c1[c-]cc2c(c1)C(C)(C)c1ccccc1-2.[Ir]. The number of hydrogen-bond acceptors (Lipinski definition) is 2. The maximum atomic E-state index is 8.40. The van der Waals surface area contributed by atoms with Gasteiger partial charge in [-0.2, -0.15) is 0 Å². The van der Waals surface area contributed by atoms with Crippen molar-refractivity contribution < 1.29 is 30.0 Å². The fraction of sp³-hybridized carbons (Fsp3) is 0.407. The number of rotatable bonds is 2. The molecule has 2 aromatic rings. The molecule has 1 aliphatic heterocycles. The Morgan fingerprint density at radius 3 is 2.35 bits per heavy atom. The van der Waals surface area contributed by atoms with E-state index in [1.807, 2.05) is 0 Å². The minimum Gasteiger partial charge on any atom is -0.512 e. The van der Waals surface area contributed by atoms with Gasteiger partial charge in [0.15, 0.2) is 0 Å². The Morgan fingerprint density at radius 2 is 1.77 bits per heavy atom. The van der Waals surface area contributed by atoms with Gasteiger partial charge in [0.1, 0.15) is 0 Å². The van der Waals surface area contributed by atoms with Gasteiger partial charge in [0.25, 0.3) is 0 Å². The molecule has 1 radical (unpaired) electrons. The third kappa shape index (κ3) is 5.25. The minimum atomic E-state index is 0. The molecule has 1 heterocycles. The summed E-state index contributed by atoms with van der Waals surface area (Å²) in [4.78, 5) is 13.3. The van der Waals surface area contributed by atoms with E-state index in [0.717, 1.165) is 6.54 Å². The largest absolute Gasteiger partial charge is 0.512 e. The number of aliphatic hydroxyl groups is 1. The van der Waals surface area contributed by atoms with Crippen LogP contribution in [0.2, 0.25) is 0 Å². The third-order valence-corrected chi connectivity index (χ3v) is 6.06. The Kier molecular flexibility index (Phi) is 7.84. The summed E-state index contributed by atoms with van der Waals surface area (Å²) in [5, 5.41) is 8.40. The van der Waals surface area contributed by atoms with Crippen LogP contribution in [-0.4, -0.2) is 27.9 Å². The van der Waals surface area contributed by atoms with Gasteiger partial charge in [0.2, 0.25) is 0 Å². The molecular weight excluding hydrogens is 563 g/mol. The van der Waals surface area contributed by atoms with Crippen molar-refractivity contribution in [1.82, 2.24) is 0 Å². The summed E-state index contributed by atoms with van der Waals surface area (Å²) in [7, 11) is 0. The molecule has 0 atom stereocenters. The Balaban J connectivity index is 0.000000373. The van der Waals surface area contributed by atoms with E-state index in [1.54, 1.807) is 0 Å². The Bertz CT molecular complexity index is 1030. The number of ketones is 1. The molecule has 3 nitrogen and oxygen atoms in total. The van der Waals surface area contributed by atoms with Crippen molar-refractivity contribution in [1.29, 1.82) is 0 Å². The number of fused-ring (bicyclic) bond motifs is 3. The van der Waals surface area contributed by atoms with Crippen molar-refractivity contribution in [2.24, 2.45) is 10.4 Å². The molecule has 1 aliphatic carbocycles. The summed E-state index contributed by atoms with van der Waals surface area (Å²) in [6, 6.07) is 16.8. The molecule has 0 unspecified atom stereocenters. The molecule has 0 fully saturated rings. The number of hydrogen-bond donors (Lipinski definition) is 1. The summed E-state index contributed by atoms with van der Waals surface area (Å²) < 4.78 is 0. The first kappa shape index (κ1) is 25.2. The van der Waals surface area contributed by atoms with Gasteiger partial charge < -0.3 is 10.1 Å². The number of aliphatic hydroxyl groups excluding tert-OH is 1. The standard InChI is InChI=1S/C22H24N.C5H8O2.Ir/c1-21(2)12-7-13-23-20(21)15-10-11-17-16-8-5-6-9-18(16)22(3,4)19(17)14-15;1-4(6)3-5(2)7;/h5-6,8-9,11,14H,7,12-13H2,1-4H3;3,6H,1-2H3;/q-1;;/p+1/b;4-3-;. The second-order valence-electron chi connectivity index (χ2n) is 9.49. The van der Waals surface area contributed by atoms with Crippen LogP contribution in [-0.2, 0) is 25.5 Å². The average molecular weight is 596 g/mol. The molecule has 0 spiro atoms. The predicted octanol–water partition coefficient (Wildman–Crippen LogP) is 6.41. The van der Waals surface area contributed by atoms with Gasteiger partial charge in [-0.15, -0.1) is 29.3 Å². The fourth-order valence-corrected chi connectivity index (χ4v) is 4.57. The Labute approximate surface area is 200 Å². The van der Waals surface area contributed by atoms with Gasteiger partial charge in [-0.1, -0.05) is 63.1 Å². The molecule has 2 aromatic carbocycles. The maximum absolute atomic E-state index is 8.40. The third-order valence-electron chi connectivity index (χ3n) is 6.06. The van der Waals surface area contributed by atoms with Gasteiger partial charge in [0, 0.05) is 26.7 Å². The molecule has 4 heteroatoms. The zero-order valence-electron chi connectivity index (χ0n) is 19.3. The second kappa shape index (κ2) is 9.63. The summed E-state index contributed by atoms with van der Waals surface area (Å²) in [6.07, 6.45) is 3.68.